The number of thioether (sulfide) groups is 1. The van der Waals surface area contributed by atoms with Gasteiger partial charge >= 0.3 is 0 Å². The summed E-state index contributed by atoms with van der Waals surface area (Å²) < 4.78 is 10.9. The van der Waals surface area contributed by atoms with Crippen LogP contribution in [0.5, 0.6) is 5.75 Å². The molecule has 1 aliphatic heterocycles. The van der Waals surface area contributed by atoms with Gasteiger partial charge in [0.1, 0.15) is 5.75 Å². The molecule has 1 aromatic heterocycles. The molecule has 0 unspecified atom stereocenters. The van der Waals surface area contributed by atoms with Gasteiger partial charge in [0.2, 0.25) is 11.8 Å². The number of carbonyl (C=O) groups excluding carboxylic acids is 1. The molecular weight excluding hydrogens is 374 g/mol. The van der Waals surface area contributed by atoms with Crippen molar-refractivity contribution < 1.29 is 13.9 Å². The molecule has 1 saturated heterocycles. The summed E-state index contributed by atoms with van der Waals surface area (Å²) in [6.45, 7) is 7.82. The molecule has 2 aliphatic rings. The third-order valence-electron chi connectivity index (χ3n) is 5.80. The lowest BCUT2D eigenvalue weighted by atomic mass is 9.65. The first-order valence-electron chi connectivity index (χ1n) is 9.67. The number of rotatable bonds is 5. The second-order valence-corrected chi connectivity index (χ2v) is 10.1. The number of hydrogen-bond acceptors (Lipinski definition) is 6. The minimum Gasteiger partial charge on any atom is -0.497 e. The molecule has 2 bridgehead atoms. The molecule has 1 amide bonds. The van der Waals surface area contributed by atoms with E-state index in [9.17, 15) is 4.79 Å². The van der Waals surface area contributed by atoms with Crippen LogP contribution in [-0.2, 0) is 4.79 Å². The second-order valence-electron chi connectivity index (χ2n) is 9.13. The third kappa shape index (κ3) is 3.90. The van der Waals surface area contributed by atoms with Crippen molar-refractivity contribution in [3.8, 4) is 17.2 Å². The van der Waals surface area contributed by atoms with Crippen molar-refractivity contribution in [1.29, 1.82) is 0 Å². The van der Waals surface area contributed by atoms with Gasteiger partial charge in [0.15, 0.2) is 0 Å². The predicted octanol–water partition coefficient (Wildman–Crippen LogP) is 4.26. The summed E-state index contributed by atoms with van der Waals surface area (Å²) in [6, 6.07) is 7.81. The Morgan fingerprint density at radius 3 is 2.71 bits per heavy atom. The molecule has 28 heavy (non-hydrogen) atoms. The Bertz CT molecular complexity index is 864. The van der Waals surface area contributed by atoms with E-state index in [1.807, 2.05) is 24.3 Å². The van der Waals surface area contributed by atoms with Gasteiger partial charge in [-0.3, -0.25) is 4.79 Å². The average Bonchev–Trinajstić information content (AvgIpc) is 3.21. The van der Waals surface area contributed by atoms with E-state index in [4.69, 9.17) is 9.15 Å². The summed E-state index contributed by atoms with van der Waals surface area (Å²) in [7, 11) is 1.63. The van der Waals surface area contributed by atoms with Crippen LogP contribution >= 0.6 is 11.8 Å². The molecular formula is C21H27N3O3S. The van der Waals surface area contributed by atoms with E-state index < -0.39 is 0 Å². The van der Waals surface area contributed by atoms with Gasteiger partial charge in [-0.05, 0) is 54.4 Å². The first-order chi connectivity index (χ1) is 13.3. The number of methoxy groups -OCH3 is 1. The van der Waals surface area contributed by atoms with E-state index >= 15 is 0 Å². The van der Waals surface area contributed by atoms with Crippen LogP contribution in [-0.4, -0.2) is 46.5 Å². The molecule has 2 heterocycles. The zero-order chi connectivity index (χ0) is 19.9. The fourth-order valence-electron chi connectivity index (χ4n) is 5.08. The van der Waals surface area contributed by atoms with Gasteiger partial charge in [0.25, 0.3) is 5.22 Å². The van der Waals surface area contributed by atoms with Crippen LogP contribution in [0.1, 0.15) is 40.0 Å². The SMILES string of the molecule is COc1ccc(-c2nnc(SCC(=O)N3C[C@]4(C)C[C@H]3CC(C)(C)C4)o2)cc1. The second kappa shape index (κ2) is 7.10. The Morgan fingerprint density at radius 1 is 1.25 bits per heavy atom. The van der Waals surface area contributed by atoms with Crippen molar-refractivity contribution in [1.82, 2.24) is 15.1 Å². The molecule has 0 N–H and O–H groups in total. The molecule has 2 aromatic rings. The van der Waals surface area contributed by atoms with E-state index in [2.05, 4.69) is 35.9 Å². The van der Waals surface area contributed by atoms with Crippen LogP contribution in [0, 0.1) is 10.8 Å². The normalized spacial score (nSPS) is 25.7. The van der Waals surface area contributed by atoms with E-state index in [1.165, 1.54) is 18.2 Å². The first-order valence-corrected chi connectivity index (χ1v) is 10.7. The average molecular weight is 402 g/mol. The molecule has 4 rings (SSSR count). The van der Waals surface area contributed by atoms with E-state index in [0.29, 0.717) is 28.3 Å². The van der Waals surface area contributed by atoms with Crippen LogP contribution in [0.4, 0.5) is 0 Å². The number of hydrogen-bond donors (Lipinski definition) is 0. The highest BCUT2D eigenvalue weighted by molar-refractivity contribution is 7.99. The van der Waals surface area contributed by atoms with Crippen molar-refractivity contribution in [2.45, 2.75) is 51.3 Å². The lowest BCUT2D eigenvalue weighted by Crippen LogP contribution is -2.38. The summed E-state index contributed by atoms with van der Waals surface area (Å²) in [4.78, 5) is 14.9. The van der Waals surface area contributed by atoms with Gasteiger partial charge < -0.3 is 14.1 Å². The van der Waals surface area contributed by atoms with E-state index in [1.54, 1.807) is 7.11 Å². The van der Waals surface area contributed by atoms with Crippen LogP contribution < -0.4 is 4.74 Å². The van der Waals surface area contributed by atoms with Gasteiger partial charge in [0, 0.05) is 18.2 Å². The molecule has 0 spiro atoms. The number of ether oxygens (including phenoxy) is 1. The molecule has 6 nitrogen and oxygen atoms in total. The van der Waals surface area contributed by atoms with Gasteiger partial charge in [-0.2, -0.15) is 0 Å². The van der Waals surface area contributed by atoms with Crippen molar-refractivity contribution in [3.05, 3.63) is 24.3 Å². The molecule has 150 valence electrons. The maximum absolute atomic E-state index is 12.9. The summed E-state index contributed by atoms with van der Waals surface area (Å²) in [5, 5.41) is 8.60. The summed E-state index contributed by atoms with van der Waals surface area (Å²) in [6.07, 6.45) is 3.39. The number of fused-ring (bicyclic) bond motifs is 2. The maximum Gasteiger partial charge on any atom is 0.277 e. The van der Waals surface area contributed by atoms with Crippen LogP contribution in [0.25, 0.3) is 11.5 Å². The van der Waals surface area contributed by atoms with Gasteiger partial charge in [-0.1, -0.05) is 32.5 Å². The predicted molar refractivity (Wildman–Crippen MR) is 108 cm³/mol. The Hall–Kier alpha value is -2.02. The van der Waals surface area contributed by atoms with Crippen LogP contribution in [0.3, 0.4) is 0 Å². The Labute approximate surface area is 170 Å². The summed E-state index contributed by atoms with van der Waals surface area (Å²) in [5.41, 5.74) is 1.38. The minimum absolute atomic E-state index is 0.167. The number of benzene rings is 1. The maximum atomic E-state index is 12.9. The molecule has 1 aliphatic carbocycles. The lowest BCUT2D eigenvalue weighted by molar-refractivity contribution is -0.129. The monoisotopic (exact) mass is 401 g/mol. The number of carbonyl (C=O) groups is 1. The van der Waals surface area contributed by atoms with E-state index in [-0.39, 0.29) is 11.3 Å². The summed E-state index contributed by atoms with van der Waals surface area (Å²) in [5.74, 6) is 1.72. The molecule has 1 aromatic carbocycles. The number of nitrogens with zero attached hydrogens (tertiary/aromatic N) is 3. The lowest BCUT2D eigenvalue weighted by Gasteiger charge is -2.39. The number of aromatic nitrogens is 2. The Balaban J connectivity index is 1.37. The number of amides is 1. The van der Waals surface area contributed by atoms with Crippen LogP contribution in [0.2, 0.25) is 0 Å². The smallest absolute Gasteiger partial charge is 0.277 e. The Kier molecular flexibility index (Phi) is 4.89. The highest BCUT2D eigenvalue weighted by Crippen LogP contribution is 2.52. The highest BCUT2D eigenvalue weighted by Gasteiger charge is 2.50. The Morgan fingerprint density at radius 2 is 2.00 bits per heavy atom. The van der Waals surface area contributed by atoms with Crippen molar-refractivity contribution in [2.24, 2.45) is 10.8 Å². The largest absolute Gasteiger partial charge is 0.497 e. The summed E-state index contributed by atoms with van der Waals surface area (Å²) >= 11 is 1.32. The molecule has 1 saturated carbocycles. The quantitative estimate of drug-likeness (QED) is 0.697. The van der Waals surface area contributed by atoms with Crippen molar-refractivity contribution >= 4 is 17.7 Å². The van der Waals surface area contributed by atoms with Crippen molar-refractivity contribution in [3.63, 3.8) is 0 Å². The first kappa shape index (κ1) is 19.3. The number of likely N-dealkylation sites (tertiary alicyclic amines) is 1. The minimum atomic E-state index is 0.167. The fraction of sp³-hybridized carbons (Fsp3) is 0.571. The van der Waals surface area contributed by atoms with Gasteiger partial charge in [-0.25, -0.2) is 0 Å². The zero-order valence-corrected chi connectivity index (χ0v) is 17.7. The third-order valence-corrected chi connectivity index (χ3v) is 6.60. The van der Waals surface area contributed by atoms with Crippen molar-refractivity contribution in [2.75, 3.05) is 19.4 Å². The topological polar surface area (TPSA) is 68.5 Å². The molecule has 2 atom stereocenters. The highest BCUT2D eigenvalue weighted by atomic mass is 32.2. The van der Waals surface area contributed by atoms with E-state index in [0.717, 1.165) is 30.7 Å². The molecule has 7 heteroatoms. The molecule has 0 radical (unpaired) electrons. The van der Waals surface area contributed by atoms with Crippen LogP contribution in [0.15, 0.2) is 33.9 Å². The van der Waals surface area contributed by atoms with Gasteiger partial charge in [-0.15, -0.1) is 10.2 Å². The molecule has 2 fully saturated rings. The standard InChI is InChI=1S/C21H27N3O3S/c1-20(2)9-15-10-21(3,12-20)13-24(15)17(25)11-28-19-23-22-18(27-19)14-5-7-16(26-4)8-6-14/h5-8,15H,9-13H2,1-4H3/t15-,21-/m1/s1. The van der Waals surface area contributed by atoms with Gasteiger partial charge in [0.05, 0.1) is 12.9 Å². The fourth-order valence-corrected chi connectivity index (χ4v) is 5.73. The zero-order valence-electron chi connectivity index (χ0n) is 16.9.